The molecule has 0 atom stereocenters. The Labute approximate surface area is 209 Å². The van der Waals surface area contributed by atoms with E-state index >= 15 is 0 Å². The number of nitrogens with zero attached hydrogens (tertiary/aromatic N) is 3. The van der Waals surface area contributed by atoms with Crippen molar-refractivity contribution < 1.29 is 35.7 Å². The van der Waals surface area contributed by atoms with Crippen LogP contribution < -0.4 is 4.90 Å². The second kappa shape index (κ2) is 7.50. The zero-order chi connectivity index (χ0) is 26.5. The fourth-order valence-corrected chi connectivity index (χ4v) is 7.10. The Hall–Kier alpha value is -2.59. The van der Waals surface area contributed by atoms with Crippen LogP contribution in [0.1, 0.15) is 82.0 Å². The van der Waals surface area contributed by atoms with E-state index < -0.39 is 40.1 Å². The molecule has 6 aliphatic carbocycles. The van der Waals surface area contributed by atoms with E-state index in [1.165, 1.54) is 17.0 Å². The zero-order valence-corrected chi connectivity index (χ0v) is 20.3. The van der Waals surface area contributed by atoms with Crippen molar-refractivity contribution in [3.63, 3.8) is 0 Å². The van der Waals surface area contributed by atoms with Gasteiger partial charge in [-0.15, -0.1) is 0 Å². The van der Waals surface area contributed by atoms with E-state index in [0.29, 0.717) is 45.4 Å². The van der Waals surface area contributed by atoms with Crippen molar-refractivity contribution in [1.82, 2.24) is 10.1 Å². The molecule has 0 radical (unpaired) electrons. The molecule has 11 heteroatoms. The molecule has 0 N–H and O–H groups in total. The van der Waals surface area contributed by atoms with Gasteiger partial charge in [0.25, 0.3) is 5.89 Å². The van der Waals surface area contributed by atoms with Gasteiger partial charge in [0, 0.05) is 24.6 Å². The maximum absolute atomic E-state index is 14.3. The third-order valence-corrected chi connectivity index (χ3v) is 9.32. The van der Waals surface area contributed by atoms with E-state index in [0.717, 1.165) is 12.1 Å². The number of rotatable bonds is 6. The first-order chi connectivity index (χ1) is 17.2. The lowest BCUT2D eigenvalue weighted by molar-refractivity contribution is -0.211. The summed E-state index contributed by atoms with van der Waals surface area (Å²) in [7, 11) is 0. The predicted molar refractivity (Wildman–Crippen MR) is 120 cm³/mol. The van der Waals surface area contributed by atoms with Crippen LogP contribution in [0.3, 0.4) is 0 Å². The summed E-state index contributed by atoms with van der Waals surface area (Å²) in [6, 6.07) is 4.75. The van der Waals surface area contributed by atoms with E-state index in [2.05, 4.69) is 10.1 Å². The Balaban J connectivity index is 1.26. The van der Waals surface area contributed by atoms with Gasteiger partial charge in [0.1, 0.15) is 5.67 Å². The first kappa shape index (κ1) is 24.7. The highest BCUT2D eigenvalue weighted by Crippen LogP contribution is 2.70. The topological polar surface area (TPSA) is 59.2 Å². The molecule has 6 aliphatic rings. The Bertz CT molecular complexity index is 1210. The number of anilines is 1. The van der Waals surface area contributed by atoms with E-state index in [-0.39, 0.29) is 48.6 Å². The second-order valence-electron chi connectivity index (χ2n) is 12.0. The first-order valence-corrected chi connectivity index (χ1v) is 12.6. The molecule has 8 rings (SSSR count). The van der Waals surface area contributed by atoms with Crippen LogP contribution >= 0.6 is 0 Å². The number of hydrogen-bond acceptors (Lipinski definition) is 4. The number of benzene rings is 1. The number of amides is 1. The van der Waals surface area contributed by atoms with Crippen molar-refractivity contribution >= 4 is 11.6 Å². The molecule has 200 valence electrons. The van der Waals surface area contributed by atoms with Crippen LogP contribution in [0, 0.1) is 10.8 Å². The monoisotopic (exact) mass is 527 g/mol. The Morgan fingerprint density at radius 2 is 1.65 bits per heavy atom. The number of aromatic nitrogens is 2. The number of fused-ring (bicyclic) bond motifs is 3. The molecule has 1 aromatic carbocycles. The van der Waals surface area contributed by atoms with Gasteiger partial charge < -0.3 is 9.42 Å². The molecular formula is C26H27F6N3O2. The number of carbonyl (C=O) groups is 1. The van der Waals surface area contributed by atoms with Gasteiger partial charge in [0.15, 0.2) is 5.82 Å². The lowest BCUT2D eigenvalue weighted by Gasteiger charge is -2.65. The standard InChI is InChI=1S/C26H27F6N3O2/c1-21(27,28)19-33-18(34-37-19)23-8-5-22(6-9-23,7-10-23)15-35(20(36)24-12-25(29,13-24)14-24)17-4-2-3-16(11-17)26(30,31)32/h2-4,11H,5-10,12-15H2,1H3. The van der Waals surface area contributed by atoms with Crippen LogP contribution in [0.15, 0.2) is 28.8 Å². The van der Waals surface area contributed by atoms with Crippen molar-refractivity contribution in [3.8, 4) is 0 Å². The Morgan fingerprint density at radius 3 is 2.16 bits per heavy atom. The molecule has 37 heavy (non-hydrogen) atoms. The van der Waals surface area contributed by atoms with E-state index in [1.807, 2.05) is 0 Å². The fourth-order valence-electron chi connectivity index (χ4n) is 7.10. The molecular weight excluding hydrogens is 500 g/mol. The quantitative estimate of drug-likeness (QED) is 0.392. The Kier molecular flexibility index (Phi) is 5.01. The van der Waals surface area contributed by atoms with Crippen LogP contribution in [-0.2, 0) is 22.3 Å². The molecule has 5 nitrogen and oxygen atoms in total. The van der Waals surface area contributed by atoms with Crippen molar-refractivity contribution in [2.75, 3.05) is 11.4 Å². The minimum absolute atomic E-state index is 0.118. The molecule has 2 aromatic rings. The lowest BCUT2D eigenvalue weighted by atomic mass is 9.41. The van der Waals surface area contributed by atoms with Crippen LogP contribution in [0.2, 0.25) is 0 Å². The summed E-state index contributed by atoms with van der Waals surface area (Å²) in [5, 5.41) is 3.86. The van der Waals surface area contributed by atoms with Crippen molar-refractivity contribution in [2.45, 2.75) is 87.9 Å². The zero-order valence-electron chi connectivity index (χ0n) is 20.3. The first-order valence-electron chi connectivity index (χ1n) is 12.6. The number of halogens is 6. The molecule has 0 unspecified atom stereocenters. The van der Waals surface area contributed by atoms with Crippen LogP contribution in [0.25, 0.3) is 0 Å². The van der Waals surface area contributed by atoms with E-state index in [1.54, 1.807) is 0 Å². The SMILES string of the molecule is CC(F)(F)c1nc(C23CCC(CN(C(=O)C45CC(F)(C4)C5)c4cccc(C(F)(F)F)c4)(CC2)CC3)no1. The van der Waals surface area contributed by atoms with Gasteiger partial charge in [0.2, 0.25) is 5.91 Å². The normalized spacial score (nSPS) is 34.6. The average molecular weight is 528 g/mol. The molecule has 4 bridgehead atoms. The van der Waals surface area contributed by atoms with E-state index in [4.69, 9.17) is 4.52 Å². The van der Waals surface area contributed by atoms with Crippen molar-refractivity contribution in [1.29, 1.82) is 0 Å². The molecule has 1 heterocycles. The van der Waals surface area contributed by atoms with Crippen LogP contribution in [0.4, 0.5) is 32.0 Å². The summed E-state index contributed by atoms with van der Waals surface area (Å²) in [5.41, 5.74) is -3.66. The van der Waals surface area contributed by atoms with Crippen LogP contribution in [-0.4, -0.2) is 28.3 Å². The van der Waals surface area contributed by atoms with Gasteiger partial charge >= 0.3 is 12.1 Å². The molecule has 6 fully saturated rings. The molecule has 0 saturated heterocycles. The number of hydrogen-bond donors (Lipinski definition) is 0. The van der Waals surface area contributed by atoms with Gasteiger partial charge in [-0.2, -0.15) is 26.9 Å². The van der Waals surface area contributed by atoms with Gasteiger partial charge in [0.05, 0.1) is 11.0 Å². The van der Waals surface area contributed by atoms with Crippen molar-refractivity contribution in [3.05, 3.63) is 41.5 Å². The minimum atomic E-state index is -4.56. The highest BCUT2D eigenvalue weighted by molar-refractivity contribution is 6.00. The molecule has 6 saturated carbocycles. The second-order valence-corrected chi connectivity index (χ2v) is 12.0. The third kappa shape index (κ3) is 3.86. The molecule has 0 spiro atoms. The number of alkyl halides is 6. The fraction of sp³-hybridized carbons (Fsp3) is 0.654. The predicted octanol–water partition coefficient (Wildman–Crippen LogP) is 6.72. The summed E-state index contributed by atoms with van der Waals surface area (Å²) in [6.07, 6.45) is -0.478. The summed E-state index contributed by atoms with van der Waals surface area (Å²) in [6.45, 7) is 0.930. The van der Waals surface area contributed by atoms with Crippen LogP contribution in [0.5, 0.6) is 0 Å². The van der Waals surface area contributed by atoms with Crippen molar-refractivity contribution in [2.24, 2.45) is 10.8 Å². The molecule has 0 aliphatic heterocycles. The Morgan fingerprint density at radius 1 is 1.03 bits per heavy atom. The maximum Gasteiger partial charge on any atom is 0.416 e. The highest BCUT2D eigenvalue weighted by Gasteiger charge is 2.73. The average Bonchev–Trinajstić information content (AvgIpc) is 3.32. The minimum Gasteiger partial charge on any atom is -0.333 e. The summed E-state index contributed by atoms with van der Waals surface area (Å²) in [4.78, 5) is 19.1. The maximum atomic E-state index is 14.3. The highest BCUT2D eigenvalue weighted by atomic mass is 19.4. The summed E-state index contributed by atoms with van der Waals surface area (Å²) >= 11 is 0. The smallest absolute Gasteiger partial charge is 0.333 e. The molecule has 1 aromatic heterocycles. The van der Waals surface area contributed by atoms with Gasteiger partial charge in [-0.1, -0.05) is 11.2 Å². The summed E-state index contributed by atoms with van der Waals surface area (Å²) < 4.78 is 86.8. The van der Waals surface area contributed by atoms with Gasteiger partial charge in [-0.25, -0.2) is 4.39 Å². The molecule has 1 amide bonds. The van der Waals surface area contributed by atoms with Gasteiger partial charge in [-0.3, -0.25) is 4.79 Å². The lowest BCUT2D eigenvalue weighted by Crippen LogP contribution is -2.71. The van der Waals surface area contributed by atoms with E-state index in [9.17, 15) is 31.1 Å². The number of carbonyl (C=O) groups excluding carboxylic acids is 1. The largest absolute Gasteiger partial charge is 0.416 e. The van der Waals surface area contributed by atoms with Gasteiger partial charge in [-0.05, 0) is 81.4 Å². The third-order valence-electron chi connectivity index (χ3n) is 9.32. The summed E-state index contributed by atoms with van der Waals surface area (Å²) in [5.74, 6) is -3.99.